The number of amides is 1. The fourth-order valence-corrected chi connectivity index (χ4v) is 1.07. The van der Waals surface area contributed by atoms with Gasteiger partial charge in [0.25, 0.3) is 0 Å². The molecule has 0 spiro atoms. The van der Waals surface area contributed by atoms with E-state index < -0.39 is 0 Å². The molecule has 0 aliphatic heterocycles. The number of aryl methyl sites for hydroxylation is 1. The lowest BCUT2D eigenvalue weighted by atomic mass is 10.3. The molecule has 1 N–H and O–H groups in total. The van der Waals surface area contributed by atoms with Gasteiger partial charge in [0.1, 0.15) is 0 Å². The molecule has 4 nitrogen and oxygen atoms in total. The van der Waals surface area contributed by atoms with Gasteiger partial charge < -0.3 is 10.2 Å². The van der Waals surface area contributed by atoms with E-state index in [2.05, 4.69) is 16.9 Å². The first kappa shape index (κ1) is 15.9. The van der Waals surface area contributed by atoms with Crippen LogP contribution in [0, 0.1) is 6.92 Å². The molecule has 0 aromatic carbocycles. The maximum Gasteiger partial charge on any atom is 0.221 e. The number of carbonyl (C=O) groups excluding carboxylic acids is 1. The Kier molecular flexibility index (Phi) is 7.94. The summed E-state index contributed by atoms with van der Waals surface area (Å²) in [4.78, 5) is 16.3. The largest absolute Gasteiger partial charge is 0.382 e. The Balaban J connectivity index is 0.000000351. The van der Waals surface area contributed by atoms with Gasteiger partial charge in [-0.3, -0.25) is 9.78 Å². The third-order valence-corrected chi connectivity index (χ3v) is 1.75. The fourth-order valence-electron chi connectivity index (χ4n) is 1.07. The molecule has 0 atom stereocenters. The van der Waals surface area contributed by atoms with Crippen molar-refractivity contribution in [3.63, 3.8) is 0 Å². The molecule has 0 saturated heterocycles. The highest BCUT2D eigenvalue weighted by Gasteiger charge is 1.93. The number of hydrogen-bond acceptors (Lipinski definition) is 3. The van der Waals surface area contributed by atoms with Gasteiger partial charge in [0.2, 0.25) is 5.91 Å². The van der Waals surface area contributed by atoms with Crippen molar-refractivity contribution in [3.8, 4) is 0 Å². The minimum absolute atomic E-state index is 0.0852. The highest BCUT2D eigenvalue weighted by molar-refractivity contribution is 5.75. The van der Waals surface area contributed by atoms with E-state index in [0.717, 1.165) is 0 Å². The molecule has 18 heavy (non-hydrogen) atoms. The third kappa shape index (κ3) is 9.15. The summed E-state index contributed by atoms with van der Waals surface area (Å²) in [7, 11) is 3.76. The molecule has 1 aromatic rings. The van der Waals surface area contributed by atoms with Crippen molar-refractivity contribution in [2.45, 2.75) is 13.8 Å². The van der Waals surface area contributed by atoms with Crippen LogP contribution in [0.1, 0.15) is 12.5 Å². The topological polar surface area (TPSA) is 45.2 Å². The molecule has 0 aliphatic rings. The molecular weight excluding hydrogens is 226 g/mol. The SMILES string of the molecule is C=C/C(=C\N(C)C)NC(C)=O.Cc1cccnc1. The molecule has 1 rings (SSSR count). The first-order valence-electron chi connectivity index (χ1n) is 5.60. The van der Waals surface area contributed by atoms with E-state index in [-0.39, 0.29) is 5.91 Å². The molecule has 4 heteroatoms. The zero-order valence-corrected chi connectivity index (χ0v) is 11.5. The van der Waals surface area contributed by atoms with Gasteiger partial charge >= 0.3 is 0 Å². The summed E-state index contributed by atoms with van der Waals surface area (Å²) >= 11 is 0. The summed E-state index contributed by atoms with van der Waals surface area (Å²) in [5, 5.41) is 2.62. The van der Waals surface area contributed by atoms with Crippen molar-refractivity contribution in [2.75, 3.05) is 14.1 Å². The van der Waals surface area contributed by atoms with Crippen LogP contribution in [0.2, 0.25) is 0 Å². The maximum absolute atomic E-state index is 10.6. The quantitative estimate of drug-likeness (QED) is 0.832. The summed E-state index contributed by atoms with van der Waals surface area (Å²) in [6.07, 6.45) is 6.99. The van der Waals surface area contributed by atoms with Crippen molar-refractivity contribution in [2.24, 2.45) is 0 Å². The van der Waals surface area contributed by atoms with Crippen LogP contribution < -0.4 is 5.32 Å². The molecule has 0 fully saturated rings. The normalized spacial score (nSPS) is 9.89. The van der Waals surface area contributed by atoms with Gasteiger partial charge in [0, 0.05) is 39.6 Å². The standard InChI is InChI=1S/C8H14N2O.C6H7N/c1-5-8(6-10(3)4)9-7(2)11;1-6-3-2-4-7-5-6/h5-6H,1H2,2-4H3,(H,9,11);2-5H,1H3/b8-6+;. The van der Waals surface area contributed by atoms with Crippen LogP contribution in [0.25, 0.3) is 0 Å². The van der Waals surface area contributed by atoms with Crippen molar-refractivity contribution < 1.29 is 4.79 Å². The zero-order valence-electron chi connectivity index (χ0n) is 11.5. The van der Waals surface area contributed by atoms with Gasteiger partial charge in [-0.1, -0.05) is 12.6 Å². The summed E-state index contributed by atoms with van der Waals surface area (Å²) in [5.74, 6) is -0.0852. The molecule has 0 radical (unpaired) electrons. The highest BCUT2D eigenvalue weighted by atomic mass is 16.1. The number of pyridine rings is 1. The van der Waals surface area contributed by atoms with Crippen molar-refractivity contribution in [3.05, 3.63) is 54.6 Å². The van der Waals surface area contributed by atoms with Crippen LogP contribution in [0.5, 0.6) is 0 Å². The Labute approximate surface area is 109 Å². The van der Waals surface area contributed by atoms with E-state index >= 15 is 0 Å². The molecule has 0 unspecified atom stereocenters. The number of rotatable bonds is 3. The number of nitrogens with one attached hydrogen (secondary N) is 1. The Morgan fingerprint density at radius 3 is 2.44 bits per heavy atom. The van der Waals surface area contributed by atoms with Gasteiger partial charge in [-0.15, -0.1) is 0 Å². The number of hydrogen-bond donors (Lipinski definition) is 1. The lowest BCUT2D eigenvalue weighted by Gasteiger charge is -2.08. The van der Waals surface area contributed by atoms with Crippen LogP contribution in [0.3, 0.4) is 0 Å². The summed E-state index contributed by atoms with van der Waals surface area (Å²) in [6, 6.07) is 3.95. The number of aromatic nitrogens is 1. The van der Waals surface area contributed by atoms with Gasteiger partial charge in [-0.25, -0.2) is 0 Å². The number of nitrogens with zero attached hydrogens (tertiary/aromatic N) is 2. The van der Waals surface area contributed by atoms with Crippen molar-refractivity contribution in [1.29, 1.82) is 0 Å². The highest BCUT2D eigenvalue weighted by Crippen LogP contribution is 1.91. The van der Waals surface area contributed by atoms with E-state index in [1.165, 1.54) is 12.5 Å². The fraction of sp³-hybridized carbons (Fsp3) is 0.286. The minimum Gasteiger partial charge on any atom is -0.382 e. The summed E-state index contributed by atoms with van der Waals surface area (Å²) in [6.45, 7) is 7.04. The van der Waals surface area contributed by atoms with E-state index in [1.54, 1.807) is 18.5 Å². The average Bonchev–Trinajstić information content (AvgIpc) is 2.28. The minimum atomic E-state index is -0.0852. The Hall–Kier alpha value is -2.10. The van der Waals surface area contributed by atoms with Crippen LogP contribution >= 0.6 is 0 Å². The first-order valence-corrected chi connectivity index (χ1v) is 5.60. The molecule has 1 amide bonds. The second-order valence-electron chi connectivity index (χ2n) is 3.96. The van der Waals surface area contributed by atoms with Crippen LogP contribution in [0.4, 0.5) is 0 Å². The number of carbonyl (C=O) groups is 1. The summed E-state index contributed by atoms with van der Waals surface area (Å²) < 4.78 is 0. The van der Waals surface area contributed by atoms with E-state index in [1.807, 2.05) is 44.2 Å². The molecule has 0 bridgehead atoms. The lowest BCUT2D eigenvalue weighted by Crippen LogP contribution is -2.19. The second kappa shape index (κ2) is 8.98. The van der Waals surface area contributed by atoms with Gasteiger partial charge in [0.15, 0.2) is 0 Å². The van der Waals surface area contributed by atoms with E-state index in [9.17, 15) is 4.79 Å². The maximum atomic E-state index is 10.6. The molecule has 0 saturated carbocycles. The monoisotopic (exact) mass is 247 g/mol. The Morgan fingerprint density at radius 1 is 1.50 bits per heavy atom. The van der Waals surface area contributed by atoms with Crippen LogP contribution in [-0.4, -0.2) is 29.9 Å². The van der Waals surface area contributed by atoms with Crippen LogP contribution in [-0.2, 0) is 4.79 Å². The van der Waals surface area contributed by atoms with Gasteiger partial charge in [-0.05, 0) is 24.6 Å². The predicted octanol–water partition coefficient (Wildman–Crippen LogP) is 2.10. The lowest BCUT2D eigenvalue weighted by molar-refractivity contribution is -0.118. The Bertz CT molecular complexity index is 397. The van der Waals surface area contributed by atoms with Crippen LogP contribution in [0.15, 0.2) is 49.1 Å². The second-order valence-corrected chi connectivity index (χ2v) is 3.96. The average molecular weight is 247 g/mol. The molecule has 1 aromatic heterocycles. The van der Waals surface area contributed by atoms with E-state index in [4.69, 9.17) is 0 Å². The van der Waals surface area contributed by atoms with Crippen molar-refractivity contribution >= 4 is 5.91 Å². The smallest absolute Gasteiger partial charge is 0.221 e. The van der Waals surface area contributed by atoms with Crippen molar-refractivity contribution in [1.82, 2.24) is 15.2 Å². The molecule has 1 heterocycles. The van der Waals surface area contributed by atoms with E-state index in [0.29, 0.717) is 5.70 Å². The molecule has 0 aliphatic carbocycles. The number of allylic oxidation sites excluding steroid dienone is 1. The molecular formula is C14H21N3O. The van der Waals surface area contributed by atoms with Gasteiger partial charge in [-0.2, -0.15) is 0 Å². The summed E-state index contributed by atoms with van der Waals surface area (Å²) in [5.41, 5.74) is 1.92. The molecule has 98 valence electrons. The Morgan fingerprint density at radius 2 is 2.17 bits per heavy atom. The third-order valence-electron chi connectivity index (χ3n) is 1.75. The predicted molar refractivity (Wildman–Crippen MR) is 74.8 cm³/mol. The zero-order chi connectivity index (χ0) is 14.0. The first-order chi connectivity index (χ1) is 8.45. The van der Waals surface area contributed by atoms with Gasteiger partial charge in [0.05, 0.1) is 5.70 Å².